The standard InChI is InChI=1S/C23H22Cl2N2O3/c1-28-22-10-5-17(11-23(22)29-2)14-27-26-13-16-3-8-20(9-4-16)30-15-18-6-7-19(24)12-21(18)25/h3-13,27H,14-15H2,1-2H3/b26-13+. The maximum atomic E-state index is 6.17. The number of halogens is 2. The topological polar surface area (TPSA) is 52.1 Å². The number of ether oxygens (including phenoxy) is 3. The molecule has 156 valence electrons. The highest BCUT2D eigenvalue weighted by Gasteiger charge is 2.04. The van der Waals surface area contributed by atoms with Gasteiger partial charge in [-0.25, -0.2) is 0 Å². The van der Waals surface area contributed by atoms with Gasteiger partial charge in [0.15, 0.2) is 11.5 Å². The minimum atomic E-state index is 0.371. The molecule has 5 nitrogen and oxygen atoms in total. The second-order valence-electron chi connectivity index (χ2n) is 6.38. The van der Waals surface area contributed by atoms with Crippen LogP contribution in [0.1, 0.15) is 16.7 Å². The Balaban J connectivity index is 1.49. The lowest BCUT2D eigenvalue weighted by molar-refractivity contribution is 0.306. The first-order valence-corrected chi connectivity index (χ1v) is 9.98. The van der Waals surface area contributed by atoms with E-state index in [4.69, 9.17) is 37.4 Å². The first kappa shape index (κ1) is 21.8. The average Bonchev–Trinajstić information content (AvgIpc) is 2.76. The third kappa shape index (κ3) is 6.05. The summed E-state index contributed by atoms with van der Waals surface area (Å²) in [7, 11) is 3.23. The van der Waals surface area contributed by atoms with Crippen LogP contribution in [-0.2, 0) is 13.2 Å². The first-order valence-electron chi connectivity index (χ1n) is 9.22. The zero-order chi connectivity index (χ0) is 21.3. The quantitative estimate of drug-likeness (QED) is 0.339. The van der Waals surface area contributed by atoms with Gasteiger partial charge >= 0.3 is 0 Å². The number of hydrogen-bond acceptors (Lipinski definition) is 5. The zero-order valence-electron chi connectivity index (χ0n) is 16.7. The normalized spacial score (nSPS) is 10.8. The van der Waals surface area contributed by atoms with Crippen LogP contribution < -0.4 is 19.6 Å². The van der Waals surface area contributed by atoms with Gasteiger partial charge in [-0.05, 0) is 59.7 Å². The van der Waals surface area contributed by atoms with Gasteiger partial charge < -0.3 is 19.6 Å². The van der Waals surface area contributed by atoms with E-state index in [0.29, 0.717) is 34.7 Å². The van der Waals surface area contributed by atoms with E-state index < -0.39 is 0 Å². The van der Waals surface area contributed by atoms with Gasteiger partial charge in [0.05, 0.1) is 27.0 Å². The fraction of sp³-hybridized carbons (Fsp3) is 0.174. The van der Waals surface area contributed by atoms with E-state index >= 15 is 0 Å². The fourth-order valence-corrected chi connectivity index (χ4v) is 3.16. The number of nitrogens with one attached hydrogen (secondary N) is 1. The molecule has 0 fully saturated rings. The molecule has 3 aromatic rings. The predicted octanol–water partition coefficient (Wildman–Crippen LogP) is 5.71. The van der Waals surface area contributed by atoms with Gasteiger partial charge in [0, 0.05) is 15.6 Å². The van der Waals surface area contributed by atoms with Crippen LogP contribution in [0, 0.1) is 0 Å². The second kappa shape index (κ2) is 10.8. The van der Waals surface area contributed by atoms with Crippen molar-refractivity contribution in [2.75, 3.05) is 14.2 Å². The number of hydrazone groups is 1. The van der Waals surface area contributed by atoms with Crippen molar-refractivity contribution in [3.8, 4) is 17.2 Å². The van der Waals surface area contributed by atoms with Crippen molar-refractivity contribution in [2.45, 2.75) is 13.2 Å². The first-order chi connectivity index (χ1) is 14.6. The molecule has 0 unspecified atom stereocenters. The summed E-state index contributed by atoms with van der Waals surface area (Å²) in [5, 5.41) is 5.45. The lowest BCUT2D eigenvalue weighted by Gasteiger charge is -2.09. The molecule has 1 N–H and O–H groups in total. The van der Waals surface area contributed by atoms with E-state index in [1.54, 1.807) is 32.6 Å². The molecule has 0 radical (unpaired) electrons. The summed E-state index contributed by atoms with van der Waals surface area (Å²) >= 11 is 12.1. The molecule has 0 aliphatic carbocycles. The molecule has 0 aliphatic heterocycles. The van der Waals surface area contributed by atoms with Gasteiger partial charge in [0.25, 0.3) is 0 Å². The molecule has 30 heavy (non-hydrogen) atoms. The summed E-state index contributed by atoms with van der Waals surface area (Å²) in [6, 6.07) is 18.7. The van der Waals surface area contributed by atoms with Crippen molar-refractivity contribution in [1.29, 1.82) is 0 Å². The summed E-state index contributed by atoms with van der Waals surface area (Å²) in [6.07, 6.45) is 1.75. The van der Waals surface area contributed by atoms with Crippen LogP contribution in [0.25, 0.3) is 0 Å². The summed E-state index contributed by atoms with van der Waals surface area (Å²) in [6.45, 7) is 0.941. The molecule has 0 aliphatic rings. The molecule has 3 aromatic carbocycles. The maximum Gasteiger partial charge on any atom is 0.161 e. The Morgan fingerprint density at radius 3 is 2.37 bits per heavy atom. The molecule has 0 amide bonds. The molecular weight excluding hydrogens is 423 g/mol. The Morgan fingerprint density at radius 2 is 1.67 bits per heavy atom. The van der Waals surface area contributed by atoms with E-state index in [0.717, 1.165) is 22.4 Å². The molecule has 0 atom stereocenters. The van der Waals surface area contributed by atoms with Crippen molar-refractivity contribution in [2.24, 2.45) is 5.10 Å². The van der Waals surface area contributed by atoms with Gasteiger partial charge in [0.1, 0.15) is 12.4 Å². The van der Waals surface area contributed by atoms with Gasteiger partial charge in [-0.1, -0.05) is 35.3 Å². The van der Waals surface area contributed by atoms with Crippen LogP contribution in [0.5, 0.6) is 17.2 Å². The molecule has 0 saturated heterocycles. The van der Waals surface area contributed by atoms with E-state index in [1.165, 1.54) is 0 Å². The van der Waals surface area contributed by atoms with E-state index in [9.17, 15) is 0 Å². The molecule has 3 rings (SSSR count). The molecule has 0 heterocycles. The zero-order valence-corrected chi connectivity index (χ0v) is 18.2. The Labute approximate surface area is 186 Å². The minimum Gasteiger partial charge on any atom is -0.493 e. The van der Waals surface area contributed by atoms with Crippen molar-refractivity contribution in [3.05, 3.63) is 87.4 Å². The van der Waals surface area contributed by atoms with Crippen LogP contribution in [-0.4, -0.2) is 20.4 Å². The lowest BCUT2D eigenvalue weighted by atomic mass is 10.2. The van der Waals surface area contributed by atoms with E-state index in [1.807, 2.05) is 48.5 Å². The highest BCUT2D eigenvalue weighted by atomic mass is 35.5. The monoisotopic (exact) mass is 444 g/mol. The Hall–Kier alpha value is -2.89. The van der Waals surface area contributed by atoms with E-state index in [-0.39, 0.29) is 0 Å². The van der Waals surface area contributed by atoms with Gasteiger partial charge in [-0.2, -0.15) is 5.10 Å². The van der Waals surface area contributed by atoms with Crippen molar-refractivity contribution in [1.82, 2.24) is 5.43 Å². The van der Waals surface area contributed by atoms with Crippen molar-refractivity contribution < 1.29 is 14.2 Å². The van der Waals surface area contributed by atoms with Crippen LogP contribution in [0.3, 0.4) is 0 Å². The summed E-state index contributed by atoms with van der Waals surface area (Å²) in [5.74, 6) is 2.14. The molecule has 0 aromatic heterocycles. The Morgan fingerprint density at radius 1 is 0.900 bits per heavy atom. The number of nitrogens with zero attached hydrogens (tertiary/aromatic N) is 1. The largest absolute Gasteiger partial charge is 0.493 e. The summed E-state index contributed by atoms with van der Waals surface area (Å²) in [4.78, 5) is 0. The van der Waals surface area contributed by atoms with E-state index in [2.05, 4.69) is 10.5 Å². The number of hydrogen-bond donors (Lipinski definition) is 1. The number of rotatable bonds is 9. The third-order valence-electron chi connectivity index (χ3n) is 4.33. The Bertz CT molecular complexity index is 1010. The van der Waals surface area contributed by atoms with Crippen molar-refractivity contribution >= 4 is 29.4 Å². The number of methoxy groups -OCH3 is 2. The van der Waals surface area contributed by atoms with Crippen molar-refractivity contribution in [3.63, 3.8) is 0 Å². The van der Waals surface area contributed by atoms with Gasteiger partial charge in [-0.15, -0.1) is 0 Å². The summed E-state index contributed by atoms with van der Waals surface area (Å²) < 4.78 is 16.3. The highest BCUT2D eigenvalue weighted by Crippen LogP contribution is 2.27. The molecule has 0 bridgehead atoms. The second-order valence-corrected chi connectivity index (χ2v) is 7.22. The average molecular weight is 445 g/mol. The van der Waals surface area contributed by atoms with Crippen LogP contribution >= 0.6 is 23.2 Å². The van der Waals surface area contributed by atoms with Crippen LogP contribution in [0.15, 0.2) is 65.8 Å². The molecule has 0 spiro atoms. The van der Waals surface area contributed by atoms with Gasteiger partial charge in [0.2, 0.25) is 0 Å². The SMILES string of the molecule is COc1ccc(CN/N=C/c2ccc(OCc3ccc(Cl)cc3Cl)cc2)cc1OC. The minimum absolute atomic E-state index is 0.371. The Kier molecular flexibility index (Phi) is 7.82. The van der Waals surface area contributed by atoms with Gasteiger partial charge in [-0.3, -0.25) is 0 Å². The number of benzene rings is 3. The molecule has 0 saturated carbocycles. The molecular formula is C23H22Cl2N2O3. The highest BCUT2D eigenvalue weighted by molar-refractivity contribution is 6.35. The molecule has 7 heteroatoms. The smallest absolute Gasteiger partial charge is 0.161 e. The van der Waals surface area contributed by atoms with Crippen LogP contribution in [0.2, 0.25) is 10.0 Å². The third-order valence-corrected chi connectivity index (χ3v) is 4.91. The lowest BCUT2D eigenvalue weighted by Crippen LogP contribution is -2.06. The maximum absolute atomic E-state index is 6.17. The summed E-state index contributed by atoms with van der Waals surface area (Å²) in [5.41, 5.74) is 5.90. The van der Waals surface area contributed by atoms with Crippen LogP contribution in [0.4, 0.5) is 0 Å². The predicted molar refractivity (Wildman–Crippen MR) is 121 cm³/mol. The fourth-order valence-electron chi connectivity index (χ4n) is 2.70.